The second kappa shape index (κ2) is 5.53. The van der Waals surface area contributed by atoms with Gasteiger partial charge in [-0.2, -0.15) is 0 Å². The van der Waals surface area contributed by atoms with Crippen LogP contribution in [-0.2, 0) is 16.1 Å². The van der Waals surface area contributed by atoms with Gasteiger partial charge in [0.2, 0.25) is 11.8 Å². The van der Waals surface area contributed by atoms with Crippen LogP contribution >= 0.6 is 0 Å². The van der Waals surface area contributed by atoms with Gasteiger partial charge in [0.05, 0.1) is 6.54 Å². The largest absolute Gasteiger partial charge is 0.360 e. The van der Waals surface area contributed by atoms with Crippen molar-refractivity contribution in [3.05, 3.63) is 29.8 Å². The van der Waals surface area contributed by atoms with Crippen LogP contribution in [0.1, 0.15) is 18.4 Å². The Bertz CT molecular complexity index is 508. The normalized spacial score (nSPS) is 18.6. The monoisotopic (exact) mass is 273 g/mol. The van der Waals surface area contributed by atoms with E-state index in [0.29, 0.717) is 19.6 Å². The third-order valence-electron chi connectivity index (χ3n) is 3.75. The Kier molecular flexibility index (Phi) is 3.58. The molecule has 3 rings (SSSR count). The number of benzene rings is 1. The van der Waals surface area contributed by atoms with Crippen LogP contribution in [0.2, 0.25) is 0 Å². The molecule has 2 N–H and O–H groups in total. The summed E-state index contributed by atoms with van der Waals surface area (Å²) in [6.07, 6.45) is 2.06. The molecular weight excluding hydrogens is 254 g/mol. The van der Waals surface area contributed by atoms with Gasteiger partial charge in [-0.15, -0.1) is 0 Å². The van der Waals surface area contributed by atoms with Crippen molar-refractivity contribution in [1.82, 2.24) is 10.6 Å². The van der Waals surface area contributed by atoms with E-state index in [1.165, 1.54) is 0 Å². The van der Waals surface area contributed by atoms with Crippen LogP contribution in [0.25, 0.3) is 0 Å². The number of anilines is 1. The zero-order chi connectivity index (χ0) is 13.9. The first kappa shape index (κ1) is 13.0. The van der Waals surface area contributed by atoms with Crippen LogP contribution in [-0.4, -0.2) is 31.4 Å². The minimum atomic E-state index is 0.0667. The predicted molar refractivity (Wildman–Crippen MR) is 76.2 cm³/mol. The zero-order valence-electron chi connectivity index (χ0n) is 11.4. The van der Waals surface area contributed by atoms with Crippen LogP contribution in [0.15, 0.2) is 24.3 Å². The summed E-state index contributed by atoms with van der Waals surface area (Å²) in [7, 11) is 0. The number of hydrogen-bond donors (Lipinski definition) is 2. The molecule has 20 heavy (non-hydrogen) atoms. The number of nitrogens with zero attached hydrogens (tertiary/aromatic N) is 1. The van der Waals surface area contributed by atoms with Crippen molar-refractivity contribution < 1.29 is 9.59 Å². The number of rotatable bonds is 4. The minimum Gasteiger partial charge on any atom is -0.360 e. The van der Waals surface area contributed by atoms with Crippen molar-refractivity contribution in [2.24, 2.45) is 5.92 Å². The summed E-state index contributed by atoms with van der Waals surface area (Å²) < 4.78 is 0. The molecule has 5 nitrogen and oxygen atoms in total. The first-order valence-electron chi connectivity index (χ1n) is 7.11. The van der Waals surface area contributed by atoms with E-state index in [0.717, 1.165) is 30.6 Å². The lowest BCUT2D eigenvalue weighted by Gasteiger charge is -2.28. The summed E-state index contributed by atoms with van der Waals surface area (Å²) in [4.78, 5) is 25.0. The van der Waals surface area contributed by atoms with Crippen LogP contribution in [0, 0.1) is 5.92 Å². The molecule has 2 amide bonds. The third kappa shape index (κ3) is 3.10. The Labute approximate surface area is 118 Å². The molecule has 2 aliphatic rings. The fourth-order valence-corrected chi connectivity index (χ4v) is 2.36. The molecule has 5 heteroatoms. The van der Waals surface area contributed by atoms with E-state index in [-0.39, 0.29) is 17.7 Å². The summed E-state index contributed by atoms with van der Waals surface area (Å²) >= 11 is 0. The Balaban J connectivity index is 1.56. The quantitative estimate of drug-likeness (QED) is 0.846. The van der Waals surface area contributed by atoms with E-state index >= 15 is 0 Å². The molecule has 1 saturated carbocycles. The van der Waals surface area contributed by atoms with Gasteiger partial charge in [-0.05, 0) is 30.5 Å². The SMILES string of the molecule is O=C1CN(c2ccc(CNC(=O)C3CC3)cc2)CCN1. The molecule has 0 radical (unpaired) electrons. The minimum absolute atomic E-state index is 0.0667. The summed E-state index contributed by atoms with van der Waals surface area (Å²) in [6, 6.07) is 8.04. The van der Waals surface area contributed by atoms with Crippen LogP contribution in [0.3, 0.4) is 0 Å². The van der Waals surface area contributed by atoms with Crippen LogP contribution in [0.4, 0.5) is 5.69 Å². The lowest BCUT2D eigenvalue weighted by atomic mass is 10.1. The zero-order valence-corrected chi connectivity index (χ0v) is 11.4. The molecule has 0 spiro atoms. The van der Waals surface area contributed by atoms with Gasteiger partial charge >= 0.3 is 0 Å². The summed E-state index contributed by atoms with van der Waals surface area (Å²) in [5.41, 5.74) is 2.14. The number of nitrogens with one attached hydrogen (secondary N) is 2. The lowest BCUT2D eigenvalue weighted by Crippen LogP contribution is -2.47. The highest BCUT2D eigenvalue weighted by Gasteiger charge is 2.29. The fourth-order valence-electron chi connectivity index (χ4n) is 2.36. The summed E-state index contributed by atoms with van der Waals surface area (Å²) in [5.74, 6) is 0.486. The molecular formula is C15H19N3O2. The molecule has 1 aliphatic heterocycles. The first-order valence-corrected chi connectivity index (χ1v) is 7.11. The Hall–Kier alpha value is -2.04. The van der Waals surface area contributed by atoms with E-state index < -0.39 is 0 Å². The standard InChI is InChI=1S/C15H19N3O2/c19-14-10-18(8-7-16-14)13-5-1-11(2-6-13)9-17-15(20)12-3-4-12/h1-2,5-6,12H,3-4,7-10H2,(H,16,19)(H,17,20). The van der Waals surface area contributed by atoms with Crippen molar-refractivity contribution in [1.29, 1.82) is 0 Å². The van der Waals surface area contributed by atoms with Crippen LogP contribution in [0.5, 0.6) is 0 Å². The molecule has 1 aromatic rings. The Morgan fingerprint density at radius 3 is 2.70 bits per heavy atom. The molecule has 0 bridgehead atoms. The van der Waals surface area contributed by atoms with Crippen molar-refractivity contribution in [3.63, 3.8) is 0 Å². The second-order valence-electron chi connectivity index (χ2n) is 5.43. The van der Waals surface area contributed by atoms with E-state index in [1.54, 1.807) is 0 Å². The third-order valence-corrected chi connectivity index (χ3v) is 3.75. The molecule has 1 aliphatic carbocycles. The van der Waals surface area contributed by atoms with Gasteiger partial charge in [-0.25, -0.2) is 0 Å². The Morgan fingerprint density at radius 1 is 1.30 bits per heavy atom. The van der Waals surface area contributed by atoms with Crippen molar-refractivity contribution in [2.75, 3.05) is 24.5 Å². The summed E-state index contributed by atoms with van der Waals surface area (Å²) in [6.45, 7) is 2.52. The number of amides is 2. The number of carbonyl (C=O) groups is 2. The fraction of sp³-hybridized carbons (Fsp3) is 0.467. The maximum absolute atomic E-state index is 11.6. The Morgan fingerprint density at radius 2 is 2.05 bits per heavy atom. The molecule has 1 heterocycles. The van der Waals surface area contributed by atoms with Gasteiger partial charge < -0.3 is 15.5 Å². The number of carbonyl (C=O) groups excluding carboxylic acids is 2. The van der Waals surface area contributed by atoms with Crippen molar-refractivity contribution >= 4 is 17.5 Å². The topological polar surface area (TPSA) is 61.4 Å². The highest BCUT2D eigenvalue weighted by Crippen LogP contribution is 2.28. The first-order chi connectivity index (χ1) is 9.72. The van der Waals surface area contributed by atoms with Crippen LogP contribution < -0.4 is 15.5 Å². The second-order valence-corrected chi connectivity index (χ2v) is 5.43. The maximum Gasteiger partial charge on any atom is 0.239 e. The van der Waals surface area contributed by atoms with Gasteiger partial charge in [0.1, 0.15) is 0 Å². The van der Waals surface area contributed by atoms with Crippen molar-refractivity contribution in [2.45, 2.75) is 19.4 Å². The lowest BCUT2D eigenvalue weighted by molar-refractivity contribution is -0.122. The molecule has 1 aromatic carbocycles. The maximum atomic E-state index is 11.6. The van der Waals surface area contributed by atoms with E-state index in [4.69, 9.17) is 0 Å². The molecule has 106 valence electrons. The average Bonchev–Trinajstić information content (AvgIpc) is 3.30. The van der Waals surface area contributed by atoms with Gasteiger partial charge in [0.15, 0.2) is 0 Å². The molecule has 0 unspecified atom stereocenters. The molecule has 1 saturated heterocycles. The van der Waals surface area contributed by atoms with E-state index in [9.17, 15) is 9.59 Å². The van der Waals surface area contributed by atoms with Gasteiger partial charge in [0.25, 0.3) is 0 Å². The molecule has 0 aromatic heterocycles. The van der Waals surface area contributed by atoms with Gasteiger partial charge in [-0.1, -0.05) is 12.1 Å². The van der Waals surface area contributed by atoms with E-state index in [2.05, 4.69) is 15.5 Å². The molecule has 2 fully saturated rings. The molecule has 0 atom stereocenters. The number of hydrogen-bond acceptors (Lipinski definition) is 3. The van der Waals surface area contributed by atoms with Gasteiger partial charge in [0, 0.05) is 31.2 Å². The van der Waals surface area contributed by atoms with Gasteiger partial charge in [-0.3, -0.25) is 9.59 Å². The predicted octanol–water partition coefficient (Wildman–Crippen LogP) is 0.649. The number of piperazine rings is 1. The smallest absolute Gasteiger partial charge is 0.239 e. The van der Waals surface area contributed by atoms with E-state index in [1.807, 2.05) is 24.3 Å². The van der Waals surface area contributed by atoms with Crippen molar-refractivity contribution in [3.8, 4) is 0 Å². The average molecular weight is 273 g/mol. The highest BCUT2D eigenvalue weighted by atomic mass is 16.2. The highest BCUT2D eigenvalue weighted by molar-refractivity contribution is 5.82. The summed E-state index contributed by atoms with van der Waals surface area (Å²) in [5, 5.41) is 5.76.